The zero-order valence-electron chi connectivity index (χ0n) is 14.8. The Morgan fingerprint density at radius 3 is 2.08 bits per heavy atom. The summed E-state index contributed by atoms with van der Waals surface area (Å²) in [5.74, 6) is 0.829. The Labute approximate surface area is 149 Å². The van der Waals surface area contributed by atoms with Crippen LogP contribution >= 0.6 is 0 Å². The Balaban J connectivity index is 1.48. The van der Waals surface area contributed by atoms with Gasteiger partial charge in [0.1, 0.15) is 6.04 Å². The summed E-state index contributed by atoms with van der Waals surface area (Å²) in [5, 5.41) is 0. The van der Waals surface area contributed by atoms with E-state index in [-0.39, 0.29) is 17.9 Å². The van der Waals surface area contributed by atoms with Gasteiger partial charge in [0.25, 0.3) is 0 Å². The molecule has 2 saturated heterocycles. The molecule has 3 fully saturated rings. The first-order valence-electron chi connectivity index (χ1n) is 9.60. The first-order chi connectivity index (χ1) is 12.2. The maximum atomic E-state index is 13.2. The lowest BCUT2D eigenvalue weighted by Gasteiger charge is -2.40. The summed E-state index contributed by atoms with van der Waals surface area (Å²) in [6.07, 6.45) is 4.33. The standard InChI is InChI=1S/C20H27N3O2/c24-19(17-8-9-17)23-14-12-21(13-15-23)18(16-6-2-1-3-7-16)20(25)22-10-4-5-11-22/h1-3,6-7,17-18H,4-5,8-15H2/t18-/m1/s1. The molecule has 2 amide bonds. The van der Waals surface area contributed by atoms with Crippen molar-refractivity contribution in [2.24, 2.45) is 5.92 Å². The minimum Gasteiger partial charge on any atom is -0.341 e. The fourth-order valence-corrected chi connectivity index (χ4v) is 4.04. The molecular formula is C20H27N3O2. The van der Waals surface area contributed by atoms with Crippen molar-refractivity contribution in [1.29, 1.82) is 0 Å². The highest BCUT2D eigenvalue weighted by atomic mass is 16.2. The molecule has 5 heteroatoms. The number of likely N-dealkylation sites (tertiary alicyclic amines) is 1. The smallest absolute Gasteiger partial charge is 0.244 e. The monoisotopic (exact) mass is 341 g/mol. The lowest BCUT2D eigenvalue weighted by Crippen LogP contribution is -2.53. The molecule has 2 heterocycles. The van der Waals surface area contributed by atoms with Crippen molar-refractivity contribution in [3.63, 3.8) is 0 Å². The lowest BCUT2D eigenvalue weighted by molar-refractivity contribution is -0.139. The molecule has 3 aliphatic rings. The molecule has 1 aromatic carbocycles. The Morgan fingerprint density at radius 2 is 1.48 bits per heavy atom. The molecule has 1 saturated carbocycles. The highest BCUT2D eigenvalue weighted by Gasteiger charge is 2.38. The van der Waals surface area contributed by atoms with E-state index in [1.807, 2.05) is 28.0 Å². The summed E-state index contributed by atoms with van der Waals surface area (Å²) in [5.41, 5.74) is 1.07. The molecule has 0 bridgehead atoms. The molecule has 0 unspecified atom stereocenters. The fourth-order valence-electron chi connectivity index (χ4n) is 4.04. The first kappa shape index (κ1) is 16.6. The average molecular weight is 341 g/mol. The number of hydrogen-bond acceptors (Lipinski definition) is 3. The van der Waals surface area contributed by atoms with Gasteiger partial charge in [-0.3, -0.25) is 14.5 Å². The van der Waals surface area contributed by atoms with E-state index in [1.54, 1.807) is 0 Å². The molecule has 2 aliphatic heterocycles. The largest absolute Gasteiger partial charge is 0.341 e. The number of carbonyl (C=O) groups is 2. The van der Waals surface area contributed by atoms with Crippen molar-refractivity contribution in [3.05, 3.63) is 35.9 Å². The minimum atomic E-state index is -0.211. The van der Waals surface area contributed by atoms with Gasteiger partial charge < -0.3 is 9.80 Å². The quantitative estimate of drug-likeness (QED) is 0.840. The maximum Gasteiger partial charge on any atom is 0.244 e. The Morgan fingerprint density at radius 1 is 0.840 bits per heavy atom. The Kier molecular flexibility index (Phi) is 4.75. The minimum absolute atomic E-state index is 0.211. The third-order valence-electron chi connectivity index (χ3n) is 5.68. The second-order valence-corrected chi connectivity index (χ2v) is 7.48. The van der Waals surface area contributed by atoms with Crippen LogP contribution in [0.15, 0.2) is 30.3 Å². The van der Waals surface area contributed by atoms with Gasteiger partial charge in [0.2, 0.25) is 11.8 Å². The summed E-state index contributed by atoms with van der Waals surface area (Å²) in [4.78, 5) is 31.7. The normalized spacial score (nSPS) is 22.9. The van der Waals surface area contributed by atoms with Crippen molar-refractivity contribution in [1.82, 2.24) is 14.7 Å². The van der Waals surface area contributed by atoms with Gasteiger partial charge in [-0.15, -0.1) is 0 Å². The second kappa shape index (κ2) is 7.16. The molecular weight excluding hydrogens is 314 g/mol. The summed E-state index contributed by atoms with van der Waals surface area (Å²) in [7, 11) is 0. The van der Waals surface area contributed by atoms with Crippen molar-refractivity contribution < 1.29 is 9.59 Å². The van der Waals surface area contributed by atoms with E-state index in [0.717, 1.165) is 70.5 Å². The Bertz CT molecular complexity index is 615. The first-order valence-corrected chi connectivity index (χ1v) is 9.60. The number of piperazine rings is 1. The highest BCUT2D eigenvalue weighted by molar-refractivity contribution is 5.84. The fraction of sp³-hybridized carbons (Fsp3) is 0.600. The van der Waals surface area contributed by atoms with E-state index in [1.165, 1.54) is 0 Å². The van der Waals surface area contributed by atoms with E-state index in [2.05, 4.69) is 17.0 Å². The predicted octanol–water partition coefficient (Wildman–Crippen LogP) is 1.90. The van der Waals surface area contributed by atoms with Gasteiger partial charge in [0.05, 0.1) is 0 Å². The van der Waals surface area contributed by atoms with E-state index < -0.39 is 0 Å². The Hall–Kier alpha value is -1.88. The highest BCUT2D eigenvalue weighted by Crippen LogP contribution is 2.32. The van der Waals surface area contributed by atoms with Gasteiger partial charge >= 0.3 is 0 Å². The molecule has 0 N–H and O–H groups in total. The summed E-state index contributed by atoms with van der Waals surface area (Å²) in [6, 6.07) is 9.91. The third-order valence-corrected chi connectivity index (χ3v) is 5.68. The molecule has 5 nitrogen and oxygen atoms in total. The van der Waals surface area contributed by atoms with Crippen LogP contribution in [0.3, 0.4) is 0 Å². The number of rotatable bonds is 4. The van der Waals surface area contributed by atoms with E-state index >= 15 is 0 Å². The molecule has 0 radical (unpaired) electrons. The van der Waals surface area contributed by atoms with E-state index in [9.17, 15) is 9.59 Å². The molecule has 1 atom stereocenters. The van der Waals surface area contributed by atoms with Gasteiger partial charge in [-0.1, -0.05) is 30.3 Å². The van der Waals surface area contributed by atoms with Crippen LogP contribution in [-0.2, 0) is 9.59 Å². The summed E-state index contributed by atoms with van der Waals surface area (Å²) in [6.45, 7) is 4.79. The lowest BCUT2D eigenvalue weighted by atomic mass is 10.0. The van der Waals surface area contributed by atoms with Crippen LogP contribution in [-0.4, -0.2) is 65.8 Å². The molecule has 0 spiro atoms. The maximum absolute atomic E-state index is 13.2. The number of hydrogen-bond donors (Lipinski definition) is 0. The number of amides is 2. The molecule has 1 aliphatic carbocycles. The molecule has 134 valence electrons. The van der Waals surface area contributed by atoms with Gasteiger partial charge in [0.15, 0.2) is 0 Å². The van der Waals surface area contributed by atoms with Crippen molar-refractivity contribution >= 4 is 11.8 Å². The van der Waals surface area contributed by atoms with Crippen molar-refractivity contribution in [3.8, 4) is 0 Å². The number of benzene rings is 1. The predicted molar refractivity (Wildman–Crippen MR) is 95.9 cm³/mol. The van der Waals surface area contributed by atoms with Gasteiger partial charge in [-0.05, 0) is 31.2 Å². The zero-order chi connectivity index (χ0) is 17.2. The molecule has 25 heavy (non-hydrogen) atoms. The van der Waals surface area contributed by atoms with Crippen LogP contribution in [0.2, 0.25) is 0 Å². The van der Waals surface area contributed by atoms with Crippen LogP contribution in [0.4, 0.5) is 0 Å². The average Bonchev–Trinajstić information content (AvgIpc) is 3.36. The van der Waals surface area contributed by atoms with E-state index in [0.29, 0.717) is 5.91 Å². The van der Waals surface area contributed by atoms with Crippen molar-refractivity contribution in [2.45, 2.75) is 31.7 Å². The number of nitrogens with zero attached hydrogens (tertiary/aromatic N) is 3. The van der Waals surface area contributed by atoms with Crippen LogP contribution < -0.4 is 0 Å². The van der Waals surface area contributed by atoms with Gasteiger partial charge in [-0.25, -0.2) is 0 Å². The van der Waals surface area contributed by atoms with Gasteiger partial charge in [0, 0.05) is 45.2 Å². The van der Waals surface area contributed by atoms with Gasteiger partial charge in [-0.2, -0.15) is 0 Å². The number of carbonyl (C=O) groups excluding carboxylic acids is 2. The third kappa shape index (κ3) is 3.56. The van der Waals surface area contributed by atoms with Crippen molar-refractivity contribution in [2.75, 3.05) is 39.3 Å². The van der Waals surface area contributed by atoms with Crippen LogP contribution in [0.1, 0.15) is 37.3 Å². The summed E-state index contributed by atoms with van der Waals surface area (Å²) >= 11 is 0. The SMILES string of the molecule is O=C(C1CC1)N1CCN([C@@H](C(=O)N2CCCC2)c2ccccc2)CC1. The summed E-state index contributed by atoms with van der Waals surface area (Å²) < 4.78 is 0. The van der Waals surface area contributed by atoms with Crippen LogP contribution in [0, 0.1) is 5.92 Å². The van der Waals surface area contributed by atoms with Crippen LogP contribution in [0.25, 0.3) is 0 Å². The molecule has 1 aromatic rings. The second-order valence-electron chi connectivity index (χ2n) is 7.48. The zero-order valence-corrected chi connectivity index (χ0v) is 14.8. The topological polar surface area (TPSA) is 43.9 Å². The van der Waals surface area contributed by atoms with E-state index in [4.69, 9.17) is 0 Å². The van der Waals surface area contributed by atoms with Crippen LogP contribution in [0.5, 0.6) is 0 Å². The molecule has 4 rings (SSSR count). The molecule has 0 aromatic heterocycles.